The molecule has 0 aliphatic rings. The highest BCUT2D eigenvalue weighted by molar-refractivity contribution is 7.97. The highest BCUT2D eigenvalue weighted by Gasteiger charge is 1.76. The summed E-state index contributed by atoms with van der Waals surface area (Å²) >= 11 is 1.75. The lowest BCUT2D eigenvalue weighted by Gasteiger charge is -1.79. The highest BCUT2D eigenvalue weighted by atomic mass is 32.2. The smallest absolute Gasteiger partial charge is 0.145 e. The van der Waals surface area contributed by atoms with Crippen LogP contribution in [0.3, 0.4) is 0 Å². The Morgan fingerprint density at radius 1 is 1.50 bits per heavy atom. The highest BCUT2D eigenvalue weighted by Crippen LogP contribution is 1.87. The minimum Gasteiger partial charge on any atom is -0.298 e. The van der Waals surface area contributed by atoms with Crippen molar-refractivity contribution < 1.29 is 4.79 Å². The Morgan fingerprint density at radius 2 is 1.90 bits per heavy atom. The van der Waals surface area contributed by atoms with Crippen LogP contribution in [0.25, 0.3) is 0 Å². The van der Waals surface area contributed by atoms with E-state index in [2.05, 4.69) is 0 Å². The summed E-state index contributed by atoms with van der Waals surface area (Å²) in [5.41, 5.74) is 0.822. The maximum atomic E-state index is 9.83. The van der Waals surface area contributed by atoms with Crippen LogP contribution in [0.15, 0.2) is 11.6 Å². The number of rotatable bonds is 2. The predicted molar refractivity (Wildman–Crippen MR) is 49.6 cm³/mol. The molecule has 0 spiro atoms. The summed E-state index contributed by atoms with van der Waals surface area (Å²) in [4.78, 5) is 9.83. The van der Waals surface area contributed by atoms with Crippen molar-refractivity contribution in [2.24, 2.45) is 0 Å². The van der Waals surface area contributed by atoms with Gasteiger partial charge in [0.15, 0.2) is 0 Å². The van der Waals surface area contributed by atoms with Crippen LogP contribution in [0.4, 0.5) is 0 Å². The molecule has 2 heteroatoms. The van der Waals surface area contributed by atoms with Crippen LogP contribution >= 0.6 is 11.8 Å². The van der Waals surface area contributed by atoms with Gasteiger partial charge >= 0.3 is 0 Å². The van der Waals surface area contributed by atoms with Crippen LogP contribution in [-0.2, 0) is 4.79 Å². The summed E-state index contributed by atoms with van der Waals surface area (Å²) in [6, 6.07) is 0. The topological polar surface area (TPSA) is 17.1 Å². The molecule has 0 aliphatic carbocycles. The molecule has 0 radical (unpaired) electrons. The molecule has 0 amide bonds. The summed E-state index contributed by atoms with van der Waals surface area (Å²) in [7, 11) is 0. The Bertz CT molecular complexity index is 97.4. The van der Waals surface area contributed by atoms with Gasteiger partial charge in [-0.1, -0.05) is 13.0 Å². The fourth-order valence-electron chi connectivity index (χ4n) is 0.370. The lowest BCUT2D eigenvalue weighted by molar-refractivity contribution is -0.104. The molecule has 0 rings (SSSR count). The molecule has 0 aliphatic heterocycles. The Labute approximate surface area is 67.9 Å². The quantitative estimate of drug-likeness (QED) is 0.456. The summed E-state index contributed by atoms with van der Waals surface area (Å²) in [6.07, 6.45) is 7.79. The van der Waals surface area contributed by atoms with Crippen molar-refractivity contribution in [3.05, 3.63) is 11.6 Å². The van der Waals surface area contributed by atoms with E-state index in [1.807, 2.05) is 25.5 Å². The van der Waals surface area contributed by atoms with Gasteiger partial charge in [-0.3, -0.25) is 4.79 Å². The molecule has 0 aromatic heterocycles. The van der Waals surface area contributed by atoms with E-state index in [4.69, 9.17) is 0 Å². The molecule has 0 atom stereocenters. The van der Waals surface area contributed by atoms with E-state index >= 15 is 0 Å². The second-order valence-electron chi connectivity index (χ2n) is 1.88. The Balaban J connectivity index is 0. The fourth-order valence-corrected chi connectivity index (χ4v) is 0.370. The molecule has 0 fully saturated rings. The third-order valence-electron chi connectivity index (χ3n) is 0.712. The van der Waals surface area contributed by atoms with E-state index in [1.165, 1.54) is 0 Å². The van der Waals surface area contributed by atoms with E-state index in [0.717, 1.165) is 18.3 Å². The minimum absolute atomic E-state index is 0.822. The SMILES string of the molecule is CCC=C(C)C=O.CSC. The van der Waals surface area contributed by atoms with E-state index in [9.17, 15) is 4.79 Å². The number of hydrogen-bond donors (Lipinski definition) is 0. The molecule has 0 aromatic rings. The first kappa shape index (κ1) is 12.4. The molecular formula is C8H16OS. The second kappa shape index (κ2) is 11.5. The average molecular weight is 160 g/mol. The number of carbonyl (C=O) groups excluding carboxylic acids is 1. The molecule has 0 saturated heterocycles. The standard InChI is InChI=1S/C6H10O.C2H6S/c1-3-4-6(2)5-7;1-3-2/h4-5H,3H2,1-2H3;1-2H3. The normalized spacial score (nSPS) is 9.80. The molecular weight excluding hydrogens is 144 g/mol. The zero-order chi connectivity index (χ0) is 8.41. The van der Waals surface area contributed by atoms with Gasteiger partial charge in [0.05, 0.1) is 0 Å². The van der Waals surface area contributed by atoms with Crippen LogP contribution in [0.1, 0.15) is 20.3 Å². The van der Waals surface area contributed by atoms with Crippen molar-refractivity contribution in [3.63, 3.8) is 0 Å². The van der Waals surface area contributed by atoms with Gasteiger partial charge in [0.1, 0.15) is 6.29 Å². The van der Waals surface area contributed by atoms with Crippen LogP contribution in [0.2, 0.25) is 0 Å². The summed E-state index contributed by atoms with van der Waals surface area (Å²) in [5, 5.41) is 0. The monoisotopic (exact) mass is 160 g/mol. The van der Waals surface area contributed by atoms with Crippen molar-refractivity contribution in [1.29, 1.82) is 0 Å². The third-order valence-corrected chi connectivity index (χ3v) is 0.712. The zero-order valence-electron chi connectivity index (χ0n) is 7.18. The van der Waals surface area contributed by atoms with E-state index in [0.29, 0.717) is 0 Å². The van der Waals surface area contributed by atoms with E-state index < -0.39 is 0 Å². The predicted octanol–water partition coefficient (Wildman–Crippen LogP) is 2.52. The first-order valence-corrected chi connectivity index (χ1v) is 4.88. The molecule has 0 unspecified atom stereocenters. The van der Waals surface area contributed by atoms with Gasteiger partial charge in [-0.2, -0.15) is 11.8 Å². The number of aldehydes is 1. The van der Waals surface area contributed by atoms with Gasteiger partial charge in [0.2, 0.25) is 0 Å². The second-order valence-corrected chi connectivity index (χ2v) is 2.70. The van der Waals surface area contributed by atoms with Gasteiger partial charge in [-0.15, -0.1) is 0 Å². The number of allylic oxidation sites excluding steroid dienone is 2. The Kier molecular flexibility index (Phi) is 14.4. The van der Waals surface area contributed by atoms with Crippen LogP contribution in [0, 0.1) is 0 Å². The fraction of sp³-hybridized carbons (Fsp3) is 0.625. The van der Waals surface area contributed by atoms with Gasteiger partial charge in [0, 0.05) is 0 Å². The van der Waals surface area contributed by atoms with Crippen molar-refractivity contribution in [2.45, 2.75) is 20.3 Å². The van der Waals surface area contributed by atoms with Gasteiger partial charge in [-0.25, -0.2) is 0 Å². The lowest BCUT2D eigenvalue weighted by Crippen LogP contribution is -1.72. The van der Waals surface area contributed by atoms with Crippen molar-refractivity contribution in [3.8, 4) is 0 Å². The number of hydrogen-bond acceptors (Lipinski definition) is 2. The van der Waals surface area contributed by atoms with Crippen molar-refractivity contribution >= 4 is 18.0 Å². The largest absolute Gasteiger partial charge is 0.298 e. The third kappa shape index (κ3) is 15.7. The summed E-state index contributed by atoms with van der Waals surface area (Å²) < 4.78 is 0. The van der Waals surface area contributed by atoms with Gasteiger partial charge in [-0.05, 0) is 31.4 Å². The first-order chi connectivity index (χ1) is 4.72. The molecule has 1 nitrogen and oxygen atoms in total. The molecule has 0 heterocycles. The lowest BCUT2D eigenvalue weighted by atomic mass is 10.3. The molecule has 10 heavy (non-hydrogen) atoms. The van der Waals surface area contributed by atoms with E-state index in [-0.39, 0.29) is 0 Å². The van der Waals surface area contributed by atoms with Crippen LogP contribution in [0.5, 0.6) is 0 Å². The maximum Gasteiger partial charge on any atom is 0.145 e. The Morgan fingerprint density at radius 3 is 2.00 bits per heavy atom. The Hall–Kier alpha value is -0.240. The van der Waals surface area contributed by atoms with E-state index in [1.54, 1.807) is 18.7 Å². The summed E-state index contributed by atoms with van der Waals surface area (Å²) in [5.74, 6) is 0. The van der Waals surface area contributed by atoms with Crippen LogP contribution in [-0.4, -0.2) is 18.8 Å². The number of thioether (sulfide) groups is 1. The van der Waals surface area contributed by atoms with Crippen LogP contribution < -0.4 is 0 Å². The molecule has 0 saturated carbocycles. The maximum absolute atomic E-state index is 9.83. The zero-order valence-corrected chi connectivity index (χ0v) is 7.99. The average Bonchev–Trinajstić information content (AvgIpc) is 1.90. The molecule has 0 aromatic carbocycles. The van der Waals surface area contributed by atoms with Crippen molar-refractivity contribution in [2.75, 3.05) is 12.5 Å². The molecule has 0 bridgehead atoms. The van der Waals surface area contributed by atoms with Crippen molar-refractivity contribution in [1.82, 2.24) is 0 Å². The minimum atomic E-state index is 0.822. The number of carbonyl (C=O) groups is 1. The first-order valence-electron chi connectivity index (χ1n) is 3.24. The molecule has 60 valence electrons. The van der Waals surface area contributed by atoms with Gasteiger partial charge < -0.3 is 0 Å². The molecule has 0 N–H and O–H groups in total. The summed E-state index contributed by atoms with van der Waals surface area (Å²) in [6.45, 7) is 3.81. The van der Waals surface area contributed by atoms with Gasteiger partial charge in [0.25, 0.3) is 0 Å².